The summed E-state index contributed by atoms with van der Waals surface area (Å²) < 4.78 is 15.6. The van der Waals surface area contributed by atoms with Gasteiger partial charge in [0.1, 0.15) is 13.1 Å². The van der Waals surface area contributed by atoms with Gasteiger partial charge in [0, 0.05) is 5.56 Å². The second-order valence-corrected chi connectivity index (χ2v) is 6.20. The summed E-state index contributed by atoms with van der Waals surface area (Å²) in [7, 11) is 2.79. The van der Waals surface area contributed by atoms with Gasteiger partial charge in [-0.1, -0.05) is 0 Å². The molecular weight excluding hydrogens is 372 g/mol. The quantitative estimate of drug-likeness (QED) is 0.258. The first-order chi connectivity index (χ1) is 13.1. The van der Waals surface area contributed by atoms with E-state index in [9.17, 15) is 9.90 Å². The minimum absolute atomic E-state index is 0.0793. The molecule has 0 saturated carbocycles. The Balaban J connectivity index is 1.91. The normalized spacial score (nSPS) is 14.7. The van der Waals surface area contributed by atoms with E-state index >= 15 is 0 Å². The molecule has 0 aromatic heterocycles. The molecule has 1 fully saturated rings. The standard InChI is InChI=1S/C17H24N4O5S/c1-24-13-4-3-12(14(16(22)23)15(13)25-2)11-19-20-17(27)18-5-6-21-7-9-26-10-8-21/h3-4,11H,5-10H2,1-2H3,(H,22,23)(H2,18,20,27)/b19-11-. The summed E-state index contributed by atoms with van der Waals surface area (Å²) in [4.78, 5) is 12.9. The molecule has 27 heavy (non-hydrogen) atoms. The highest BCUT2D eigenvalue weighted by Crippen LogP contribution is 2.32. The molecule has 0 aliphatic carbocycles. The highest BCUT2D eigenvalue weighted by atomic mass is 32.1. The maximum absolute atomic E-state index is 11.5. The molecule has 0 unspecified atom stereocenters. The molecule has 0 amide bonds. The molecule has 3 N–H and O–H groups in total. The number of morpholine rings is 1. The van der Waals surface area contributed by atoms with Gasteiger partial charge in [-0.15, -0.1) is 0 Å². The molecule has 0 atom stereocenters. The first-order valence-corrected chi connectivity index (χ1v) is 8.92. The number of thiocarbonyl (C=S) groups is 1. The first kappa shape index (κ1) is 20.9. The number of rotatable bonds is 8. The number of carboxylic acids is 1. The van der Waals surface area contributed by atoms with Crippen LogP contribution < -0.4 is 30.2 Å². The molecule has 148 valence electrons. The van der Waals surface area contributed by atoms with Crippen molar-refractivity contribution in [2.45, 2.75) is 0 Å². The Morgan fingerprint density at radius 1 is 1.37 bits per heavy atom. The van der Waals surface area contributed by atoms with Crippen LogP contribution in [0.4, 0.5) is 0 Å². The highest BCUT2D eigenvalue weighted by molar-refractivity contribution is 7.80. The predicted octanol–water partition coefficient (Wildman–Crippen LogP) is -2.22. The molecule has 1 aliphatic heterocycles. The van der Waals surface area contributed by atoms with Gasteiger partial charge in [0.05, 0.1) is 58.3 Å². The van der Waals surface area contributed by atoms with Gasteiger partial charge in [-0.2, -0.15) is 5.10 Å². The number of nitrogens with zero attached hydrogens (tertiary/aromatic N) is 1. The van der Waals surface area contributed by atoms with Gasteiger partial charge >= 0.3 is 0 Å². The van der Waals surface area contributed by atoms with Crippen molar-refractivity contribution in [2.24, 2.45) is 5.10 Å². The van der Waals surface area contributed by atoms with Crippen molar-refractivity contribution in [3.8, 4) is 11.5 Å². The molecule has 1 saturated heterocycles. The van der Waals surface area contributed by atoms with Crippen molar-refractivity contribution in [1.82, 2.24) is 10.7 Å². The fraction of sp³-hybridized carbons (Fsp3) is 0.471. The number of hydrazone groups is 1. The van der Waals surface area contributed by atoms with E-state index in [4.69, 9.17) is 26.4 Å². The second-order valence-electron chi connectivity index (χ2n) is 5.79. The Hall–Kier alpha value is -2.43. The lowest BCUT2D eigenvalue weighted by Gasteiger charge is -2.23. The van der Waals surface area contributed by atoms with Gasteiger partial charge in [-0.25, -0.2) is 0 Å². The number of ether oxygens (including phenoxy) is 3. The Morgan fingerprint density at radius 3 is 2.74 bits per heavy atom. The maximum Gasteiger partial charge on any atom is 0.187 e. The topological polar surface area (TPSA) is 109 Å². The number of nitrogens with one attached hydrogen (secondary N) is 3. The van der Waals surface area contributed by atoms with Crippen LogP contribution in [0.5, 0.6) is 11.5 Å². The van der Waals surface area contributed by atoms with Gasteiger partial charge < -0.3 is 34.3 Å². The number of aromatic carboxylic acids is 1. The molecule has 10 heteroatoms. The van der Waals surface area contributed by atoms with Crippen LogP contribution in [-0.2, 0) is 4.74 Å². The van der Waals surface area contributed by atoms with Crippen molar-refractivity contribution in [3.05, 3.63) is 23.3 Å². The van der Waals surface area contributed by atoms with Crippen LogP contribution in [0.15, 0.2) is 17.2 Å². The van der Waals surface area contributed by atoms with Crippen LogP contribution in [-0.4, -0.2) is 70.9 Å². The van der Waals surface area contributed by atoms with E-state index in [1.165, 1.54) is 25.3 Å². The molecule has 1 heterocycles. The average Bonchev–Trinajstić information content (AvgIpc) is 2.68. The lowest BCUT2D eigenvalue weighted by molar-refractivity contribution is -0.906. The van der Waals surface area contributed by atoms with Crippen LogP contribution in [0.3, 0.4) is 0 Å². The molecule has 0 spiro atoms. The molecule has 0 radical (unpaired) electrons. The van der Waals surface area contributed by atoms with E-state index in [2.05, 4.69) is 15.8 Å². The predicted molar refractivity (Wildman–Crippen MR) is 102 cm³/mol. The van der Waals surface area contributed by atoms with E-state index in [1.54, 1.807) is 12.1 Å². The van der Waals surface area contributed by atoms with Gasteiger partial charge in [0.2, 0.25) is 0 Å². The molecule has 1 aliphatic rings. The van der Waals surface area contributed by atoms with E-state index < -0.39 is 5.97 Å². The summed E-state index contributed by atoms with van der Waals surface area (Å²) in [6.07, 6.45) is 1.34. The third-order valence-corrected chi connectivity index (χ3v) is 4.35. The van der Waals surface area contributed by atoms with Crippen LogP contribution in [0.25, 0.3) is 0 Å². The zero-order valence-corrected chi connectivity index (χ0v) is 16.2. The highest BCUT2D eigenvalue weighted by Gasteiger charge is 2.15. The van der Waals surface area contributed by atoms with E-state index in [0.29, 0.717) is 23.0 Å². The second kappa shape index (κ2) is 10.7. The molecule has 1 aromatic rings. The number of hydrogen-bond acceptors (Lipinski definition) is 7. The number of carbonyl (C=O) groups is 1. The van der Waals surface area contributed by atoms with Crippen LogP contribution in [0.2, 0.25) is 0 Å². The molecule has 1 aromatic carbocycles. The van der Waals surface area contributed by atoms with Crippen molar-refractivity contribution >= 4 is 29.5 Å². The number of carbonyl (C=O) groups excluding carboxylic acids is 1. The van der Waals surface area contributed by atoms with E-state index in [0.717, 1.165) is 32.8 Å². The fourth-order valence-electron chi connectivity index (χ4n) is 2.72. The Kier molecular flexibility index (Phi) is 8.24. The number of methoxy groups -OCH3 is 2. The van der Waals surface area contributed by atoms with Crippen molar-refractivity contribution in [1.29, 1.82) is 0 Å². The van der Waals surface area contributed by atoms with Gasteiger partial charge in [0.15, 0.2) is 16.6 Å². The van der Waals surface area contributed by atoms with Crippen molar-refractivity contribution in [2.75, 3.05) is 53.6 Å². The van der Waals surface area contributed by atoms with E-state index in [-0.39, 0.29) is 11.3 Å². The monoisotopic (exact) mass is 396 g/mol. The third kappa shape index (κ3) is 6.05. The smallest absolute Gasteiger partial charge is 0.187 e. The Bertz CT molecular complexity index is 692. The molecular formula is C17H24N4O5S. The lowest BCUT2D eigenvalue weighted by Crippen LogP contribution is -3.14. The minimum atomic E-state index is -1.39. The number of carboxylic acid groups (broad SMARTS) is 1. The van der Waals surface area contributed by atoms with Gasteiger partial charge in [-0.3, -0.25) is 5.43 Å². The van der Waals surface area contributed by atoms with Crippen molar-refractivity contribution in [3.63, 3.8) is 0 Å². The molecule has 2 rings (SSSR count). The zero-order chi connectivity index (χ0) is 19.6. The van der Waals surface area contributed by atoms with Crippen LogP contribution in [0.1, 0.15) is 15.9 Å². The third-order valence-electron chi connectivity index (χ3n) is 4.12. The number of benzene rings is 1. The fourth-order valence-corrected chi connectivity index (χ4v) is 2.88. The summed E-state index contributed by atoms with van der Waals surface area (Å²) in [5.41, 5.74) is 2.84. The largest absolute Gasteiger partial charge is 0.545 e. The van der Waals surface area contributed by atoms with Gasteiger partial charge in [0.25, 0.3) is 0 Å². The SMILES string of the molecule is COc1ccc(/C=N\NC(=S)NCC[NH+]2CCOCC2)c(C(=O)[O-])c1OC. The average molecular weight is 396 g/mol. The summed E-state index contributed by atoms with van der Waals surface area (Å²) >= 11 is 5.17. The summed E-state index contributed by atoms with van der Waals surface area (Å²) in [6, 6.07) is 3.14. The van der Waals surface area contributed by atoms with Gasteiger partial charge in [-0.05, 0) is 24.4 Å². The Labute approximate surface area is 163 Å². The lowest BCUT2D eigenvalue weighted by atomic mass is 10.1. The zero-order valence-electron chi connectivity index (χ0n) is 15.4. The van der Waals surface area contributed by atoms with Crippen molar-refractivity contribution < 1.29 is 29.0 Å². The first-order valence-electron chi connectivity index (χ1n) is 8.51. The summed E-state index contributed by atoms with van der Waals surface area (Å²) in [6.45, 7) is 5.19. The number of hydrogen-bond donors (Lipinski definition) is 3. The van der Waals surface area contributed by atoms with Crippen LogP contribution in [0, 0.1) is 0 Å². The summed E-state index contributed by atoms with van der Waals surface area (Å²) in [5.74, 6) is -1.01. The molecule has 0 bridgehead atoms. The Morgan fingerprint density at radius 2 is 2.11 bits per heavy atom. The minimum Gasteiger partial charge on any atom is -0.545 e. The molecule has 9 nitrogen and oxygen atoms in total. The van der Waals surface area contributed by atoms with Crippen LogP contribution >= 0.6 is 12.2 Å². The number of quaternary nitrogens is 1. The maximum atomic E-state index is 11.5. The van der Waals surface area contributed by atoms with E-state index in [1.807, 2.05) is 0 Å². The summed E-state index contributed by atoms with van der Waals surface area (Å²) in [5, 5.41) is 18.9.